The van der Waals surface area contributed by atoms with E-state index in [1.54, 1.807) is 12.4 Å². The third-order valence-electron chi connectivity index (χ3n) is 5.42. The lowest BCUT2D eigenvalue weighted by Gasteiger charge is -2.17. The summed E-state index contributed by atoms with van der Waals surface area (Å²) in [5.74, 6) is 1.27. The molecular formula is C28H27BrClN3O2. The van der Waals surface area contributed by atoms with E-state index in [1.165, 1.54) is 0 Å². The smallest absolute Gasteiger partial charge is 0.142 e. The van der Waals surface area contributed by atoms with Gasteiger partial charge in [-0.05, 0) is 39.2 Å². The van der Waals surface area contributed by atoms with Crippen LogP contribution in [0.4, 0.5) is 0 Å². The second kappa shape index (κ2) is 12.7. The minimum absolute atomic E-state index is 0.355. The predicted molar refractivity (Wildman–Crippen MR) is 145 cm³/mol. The molecule has 0 aliphatic rings. The Labute approximate surface area is 219 Å². The highest BCUT2D eigenvalue weighted by molar-refractivity contribution is 9.10. The lowest BCUT2D eigenvalue weighted by atomic mass is 10.0. The molecule has 0 aliphatic carbocycles. The number of hydrogen-bond acceptors (Lipinski definition) is 5. The monoisotopic (exact) mass is 551 g/mol. The summed E-state index contributed by atoms with van der Waals surface area (Å²) in [6, 6.07) is 24.0. The molecule has 0 saturated carbocycles. The number of nitrogens with two attached hydrogens (primary N) is 1. The van der Waals surface area contributed by atoms with Crippen molar-refractivity contribution in [3.05, 3.63) is 111 Å². The van der Waals surface area contributed by atoms with Gasteiger partial charge in [0.25, 0.3) is 0 Å². The van der Waals surface area contributed by atoms with Gasteiger partial charge in [0.1, 0.15) is 24.7 Å². The summed E-state index contributed by atoms with van der Waals surface area (Å²) >= 11 is 10.4. The lowest BCUT2D eigenvalue weighted by Crippen LogP contribution is -2.22. The standard InChI is InChI=1S/C28H27BrClN3O2/c29-28-22(9-4-10-24(28)21-7-2-1-3-8-21)19-35-27-15-26(34-18-20-6-5-12-32-16-20)23(14-25(27)30)17-33-13-11-31/h1-10,12,14-16,33H,11,13,17-19,31H2. The van der Waals surface area contributed by atoms with Gasteiger partial charge in [-0.1, -0.05) is 66.2 Å². The fourth-order valence-corrected chi connectivity index (χ4v) is 4.46. The molecule has 35 heavy (non-hydrogen) atoms. The Kier molecular flexibility index (Phi) is 9.15. The summed E-state index contributed by atoms with van der Waals surface area (Å²) in [5.41, 5.74) is 10.8. The van der Waals surface area contributed by atoms with Gasteiger partial charge >= 0.3 is 0 Å². The molecule has 3 N–H and O–H groups in total. The molecule has 1 heterocycles. The third kappa shape index (κ3) is 6.83. The normalized spacial score (nSPS) is 10.8. The van der Waals surface area contributed by atoms with Crippen LogP contribution in [0.15, 0.2) is 89.7 Å². The Morgan fingerprint density at radius 1 is 0.886 bits per heavy atom. The first-order valence-corrected chi connectivity index (χ1v) is 12.5. The molecule has 4 rings (SSSR count). The summed E-state index contributed by atoms with van der Waals surface area (Å²) in [6.45, 7) is 2.59. The molecule has 5 nitrogen and oxygen atoms in total. The van der Waals surface area contributed by atoms with E-state index in [1.807, 2.05) is 54.6 Å². The number of nitrogens with zero attached hydrogens (tertiary/aromatic N) is 1. The van der Waals surface area contributed by atoms with Crippen molar-refractivity contribution in [2.45, 2.75) is 19.8 Å². The number of pyridine rings is 1. The minimum Gasteiger partial charge on any atom is -0.488 e. The van der Waals surface area contributed by atoms with Gasteiger partial charge in [-0.15, -0.1) is 0 Å². The average Bonchev–Trinajstić information content (AvgIpc) is 2.89. The maximum atomic E-state index is 6.61. The van der Waals surface area contributed by atoms with Crippen LogP contribution in [0, 0.1) is 0 Å². The number of hydrogen-bond donors (Lipinski definition) is 2. The molecule has 0 radical (unpaired) electrons. The quantitative estimate of drug-likeness (QED) is 0.212. The molecule has 180 valence electrons. The first kappa shape index (κ1) is 25.2. The van der Waals surface area contributed by atoms with Gasteiger partial charge in [0.15, 0.2) is 0 Å². The molecule has 0 atom stereocenters. The van der Waals surface area contributed by atoms with Crippen LogP contribution < -0.4 is 20.5 Å². The van der Waals surface area contributed by atoms with Gasteiger partial charge in [0, 0.05) is 59.3 Å². The largest absolute Gasteiger partial charge is 0.488 e. The average molecular weight is 553 g/mol. The molecule has 7 heteroatoms. The number of benzene rings is 3. The van der Waals surface area contributed by atoms with E-state index in [0.717, 1.165) is 32.3 Å². The van der Waals surface area contributed by atoms with Crippen molar-refractivity contribution >= 4 is 27.5 Å². The molecule has 3 aromatic carbocycles. The van der Waals surface area contributed by atoms with Gasteiger partial charge in [0.2, 0.25) is 0 Å². The van der Waals surface area contributed by atoms with Crippen LogP contribution in [0.3, 0.4) is 0 Å². The predicted octanol–water partition coefficient (Wildman–Crippen LogP) is 6.37. The number of ether oxygens (including phenoxy) is 2. The van der Waals surface area contributed by atoms with E-state index in [0.29, 0.717) is 49.4 Å². The van der Waals surface area contributed by atoms with Crippen molar-refractivity contribution in [3.8, 4) is 22.6 Å². The SMILES string of the molecule is NCCNCc1cc(Cl)c(OCc2cccc(-c3ccccc3)c2Br)cc1OCc1cccnc1. The second-order valence-corrected chi connectivity index (χ2v) is 9.14. The van der Waals surface area contributed by atoms with Crippen molar-refractivity contribution < 1.29 is 9.47 Å². The van der Waals surface area contributed by atoms with Crippen molar-refractivity contribution in [3.63, 3.8) is 0 Å². The third-order valence-corrected chi connectivity index (χ3v) is 6.65. The van der Waals surface area contributed by atoms with Gasteiger partial charge in [-0.2, -0.15) is 0 Å². The van der Waals surface area contributed by atoms with Gasteiger partial charge in [-0.25, -0.2) is 0 Å². The fraction of sp³-hybridized carbons (Fsp3) is 0.179. The molecular weight excluding hydrogens is 526 g/mol. The fourth-order valence-electron chi connectivity index (χ4n) is 3.62. The van der Waals surface area contributed by atoms with Gasteiger partial charge in [-0.3, -0.25) is 4.98 Å². The van der Waals surface area contributed by atoms with Crippen LogP contribution in [-0.4, -0.2) is 18.1 Å². The van der Waals surface area contributed by atoms with Crippen molar-refractivity contribution in [2.24, 2.45) is 5.73 Å². The Balaban J connectivity index is 1.54. The maximum absolute atomic E-state index is 6.61. The topological polar surface area (TPSA) is 69.4 Å². The van der Waals surface area contributed by atoms with Crippen molar-refractivity contribution in [2.75, 3.05) is 13.1 Å². The van der Waals surface area contributed by atoms with E-state index in [-0.39, 0.29) is 0 Å². The summed E-state index contributed by atoms with van der Waals surface area (Å²) in [5, 5.41) is 3.83. The highest BCUT2D eigenvalue weighted by Crippen LogP contribution is 2.36. The summed E-state index contributed by atoms with van der Waals surface area (Å²) in [7, 11) is 0. The highest BCUT2D eigenvalue weighted by Gasteiger charge is 2.14. The Bertz CT molecular complexity index is 1240. The minimum atomic E-state index is 0.355. The molecule has 1 aromatic heterocycles. The lowest BCUT2D eigenvalue weighted by molar-refractivity contribution is 0.287. The van der Waals surface area contributed by atoms with Crippen LogP contribution in [-0.2, 0) is 19.8 Å². The first-order chi connectivity index (χ1) is 17.2. The van der Waals surface area contributed by atoms with Gasteiger partial charge in [0.05, 0.1) is 5.02 Å². The Morgan fingerprint density at radius 2 is 1.71 bits per heavy atom. The zero-order valence-corrected chi connectivity index (χ0v) is 21.6. The molecule has 4 aromatic rings. The van der Waals surface area contributed by atoms with Crippen LogP contribution in [0.1, 0.15) is 16.7 Å². The van der Waals surface area contributed by atoms with Crippen LogP contribution in [0.5, 0.6) is 11.5 Å². The Morgan fingerprint density at radius 3 is 2.49 bits per heavy atom. The second-order valence-electron chi connectivity index (χ2n) is 7.94. The van der Waals surface area contributed by atoms with Gasteiger partial charge < -0.3 is 20.5 Å². The molecule has 0 spiro atoms. The zero-order valence-electron chi connectivity index (χ0n) is 19.2. The number of halogens is 2. The summed E-state index contributed by atoms with van der Waals surface area (Å²) in [4.78, 5) is 4.16. The molecule has 0 aliphatic heterocycles. The molecule has 0 fully saturated rings. The summed E-state index contributed by atoms with van der Waals surface area (Å²) < 4.78 is 13.3. The first-order valence-electron chi connectivity index (χ1n) is 11.4. The van der Waals surface area contributed by atoms with E-state index in [2.05, 4.69) is 44.4 Å². The molecule has 0 unspecified atom stereocenters. The number of nitrogens with one attached hydrogen (secondary N) is 1. The van der Waals surface area contributed by atoms with Crippen molar-refractivity contribution in [1.82, 2.24) is 10.3 Å². The van der Waals surface area contributed by atoms with Crippen LogP contribution >= 0.6 is 27.5 Å². The Hall–Kier alpha value is -2.90. The van der Waals surface area contributed by atoms with E-state index >= 15 is 0 Å². The van der Waals surface area contributed by atoms with E-state index in [4.69, 9.17) is 26.8 Å². The summed E-state index contributed by atoms with van der Waals surface area (Å²) in [6.07, 6.45) is 3.53. The van der Waals surface area contributed by atoms with Crippen LogP contribution in [0.25, 0.3) is 11.1 Å². The maximum Gasteiger partial charge on any atom is 0.142 e. The molecule has 0 saturated heterocycles. The van der Waals surface area contributed by atoms with E-state index < -0.39 is 0 Å². The molecule has 0 bridgehead atoms. The zero-order chi connectivity index (χ0) is 24.5. The number of rotatable bonds is 11. The van der Waals surface area contributed by atoms with Crippen molar-refractivity contribution in [1.29, 1.82) is 0 Å². The van der Waals surface area contributed by atoms with Crippen LogP contribution in [0.2, 0.25) is 5.02 Å². The van der Waals surface area contributed by atoms with E-state index in [9.17, 15) is 0 Å². The molecule has 0 amide bonds. The highest BCUT2D eigenvalue weighted by atomic mass is 79.9. The number of aromatic nitrogens is 1.